The Morgan fingerprint density at radius 1 is 0.833 bits per heavy atom. The third-order valence-electron chi connectivity index (χ3n) is 4.84. The fourth-order valence-corrected chi connectivity index (χ4v) is 3.31. The topological polar surface area (TPSA) is 21.3 Å². The summed E-state index contributed by atoms with van der Waals surface area (Å²) in [5.41, 5.74) is 6.36. The van der Waals surface area contributed by atoms with Gasteiger partial charge in [-0.2, -0.15) is 0 Å². The molecule has 0 radical (unpaired) electrons. The Hall–Kier alpha value is -2.95. The lowest BCUT2D eigenvalue weighted by molar-refractivity contribution is -0.274. The highest BCUT2D eigenvalue weighted by Crippen LogP contribution is 2.29. The first-order chi connectivity index (χ1) is 14.3. The van der Waals surface area contributed by atoms with Crippen LogP contribution < -0.4 is 10.1 Å². The molecule has 0 aromatic heterocycles. The van der Waals surface area contributed by atoms with Gasteiger partial charge >= 0.3 is 6.36 Å². The molecule has 0 saturated carbocycles. The van der Waals surface area contributed by atoms with E-state index in [1.54, 1.807) is 12.1 Å². The van der Waals surface area contributed by atoms with Gasteiger partial charge in [0.15, 0.2) is 0 Å². The van der Waals surface area contributed by atoms with Crippen molar-refractivity contribution in [1.82, 2.24) is 0 Å². The maximum Gasteiger partial charge on any atom is 0.573 e. The number of unbranched alkanes of at least 4 members (excludes halogenated alkanes) is 1. The number of halogens is 3. The third-order valence-corrected chi connectivity index (χ3v) is 4.84. The lowest BCUT2D eigenvalue weighted by Crippen LogP contribution is -2.16. The SMILES string of the molecule is CCCCc1ccc(CNc2cc(C)cc(-c3ccc(OC(F)(F)F)cc3)c2)cc1. The van der Waals surface area contributed by atoms with Gasteiger partial charge < -0.3 is 10.1 Å². The van der Waals surface area contributed by atoms with Crippen LogP contribution in [-0.4, -0.2) is 6.36 Å². The van der Waals surface area contributed by atoms with E-state index in [2.05, 4.69) is 47.3 Å². The summed E-state index contributed by atoms with van der Waals surface area (Å²) in [6.07, 6.45) is -1.18. The molecule has 0 aliphatic carbocycles. The van der Waals surface area contributed by atoms with Crippen molar-refractivity contribution in [3.8, 4) is 16.9 Å². The normalized spacial score (nSPS) is 11.4. The standard InChI is InChI=1S/C25H26F3NO/c1-3-4-5-19-6-8-20(9-7-19)17-29-23-15-18(2)14-22(16-23)21-10-12-24(13-11-21)30-25(26,27)28/h6-16,29H,3-5,17H2,1-2H3. The van der Waals surface area contributed by atoms with Gasteiger partial charge in [-0.15, -0.1) is 13.2 Å². The molecule has 0 heterocycles. The number of ether oxygens (including phenoxy) is 1. The fourth-order valence-electron chi connectivity index (χ4n) is 3.31. The van der Waals surface area contributed by atoms with Gasteiger partial charge in [-0.1, -0.05) is 55.8 Å². The van der Waals surface area contributed by atoms with Crippen molar-refractivity contribution in [3.63, 3.8) is 0 Å². The van der Waals surface area contributed by atoms with Gasteiger partial charge in [0.1, 0.15) is 5.75 Å². The number of hydrogen-bond donors (Lipinski definition) is 1. The molecule has 30 heavy (non-hydrogen) atoms. The number of nitrogens with one attached hydrogen (secondary N) is 1. The van der Waals surface area contributed by atoms with Crippen molar-refractivity contribution in [2.75, 3.05) is 5.32 Å². The minimum absolute atomic E-state index is 0.223. The lowest BCUT2D eigenvalue weighted by Gasteiger charge is -2.12. The average molecular weight is 413 g/mol. The quantitative estimate of drug-likeness (QED) is 0.412. The second-order valence-electron chi connectivity index (χ2n) is 7.43. The van der Waals surface area contributed by atoms with Gasteiger partial charge in [0.2, 0.25) is 0 Å². The summed E-state index contributed by atoms with van der Waals surface area (Å²) in [6, 6.07) is 20.6. The number of anilines is 1. The van der Waals surface area contributed by atoms with E-state index >= 15 is 0 Å². The molecule has 0 aliphatic heterocycles. The van der Waals surface area contributed by atoms with E-state index < -0.39 is 6.36 Å². The van der Waals surface area contributed by atoms with Crippen LogP contribution >= 0.6 is 0 Å². The van der Waals surface area contributed by atoms with Gasteiger partial charge in [0, 0.05) is 12.2 Å². The molecular formula is C25H26F3NO. The molecule has 1 N–H and O–H groups in total. The number of rotatable bonds is 8. The molecule has 0 spiro atoms. The van der Waals surface area contributed by atoms with Crippen molar-refractivity contribution in [1.29, 1.82) is 0 Å². The third kappa shape index (κ3) is 6.55. The highest BCUT2D eigenvalue weighted by molar-refractivity contribution is 5.70. The van der Waals surface area contributed by atoms with Crippen LogP contribution in [0.15, 0.2) is 66.7 Å². The highest BCUT2D eigenvalue weighted by atomic mass is 19.4. The maximum absolute atomic E-state index is 12.3. The first kappa shape index (κ1) is 21.8. The number of alkyl halides is 3. The molecule has 0 bridgehead atoms. The van der Waals surface area contributed by atoms with Crippen LogP contribution in [0.1, 0.15) is 36.5 Å². The van der Waals surface area contributed by atoms with Crippen LogP contribution in [0.3, 0.4) is 0 Å². The Bertz CT molecular complexity index is 948. The van der Waals surface area contributed by atoms with Gasteiger partial charge in [0.05, 0.1) is 0 Å². The van der Waals surface area contributed by atoms with Crippen molar-refractivity contribution < 1.29 is 17.9 Å². The summed E-state index contributed by atoms with van der Waals surface area (Å²) >= 11 is 0. The summed E-state index contributed by atoms with van der Waals surface area (Å²) < 4.78 is 41.0. The number of hydrogen-bond acceptors (Lipinski definition) is 2. The van der Waals surface area contributed by atoms with Gasteiger partial charge in [-0.05, 0) is 71.8 Å². The highest BCUT2D eigenvalue weighted by Gasteiger charge is 2.30. The number of benzene rings is 3. The van der Waals surface area contributed by atoms with Crippen molar-refractivity contribution in [2.45, 2.75) is 46.0 Å². The predicted molar refractivity (Wildman–Crippen MR) is 116 cm³/mol. The summed E-state index contributed by atoms with van der Waals surface area (Å²) in [5, 5.41) is 3.44. The second kappa shape index (κ2) is 9.70. The second-order valence-corrected chi connectivity index (χ2v) is 7.43. The summed E-state index contributed by atoms with van der Waals surface area (Å²) in [4.78, 5) is 0. The molecule has 158 valence electrons. The molecule has 0 aliphatic rings. The fraction of sp³-hybridized carbons (Fsp3) is 0.280. The Balaban J connectivity index is 1.68. The zero-order valence-electron chi connectivity index (χ0n) is 17.2. The van der Waals surface area contributed by atoms with Crippen LogP contribution in [0, 0.1) is 6.92 Å². The summed E-state index contributed by atoms with van der Waals surface area (Å²) in [6.45, 7) is 4.90. The predicted octanol–water partition coefficient (Wildman–Crippen LogP) is 7.52. The minimum Gasteiger partial charge on any atom is -0.406 e. The minimum atomic E-state index is -4.68. The van der Waals surface area contributed by atoms with Crippen LogP contribution in [0.25, 0.3) is 11.1 Å². The van der Waals surface area contributed by atoms with Gasteiger partial charge in [-0.3, -0.25) is 0 Å². The largest absolute Gasteiger partial charge is 0.573 e. The van der Waals surface area contributed by atoms with E-state index in [4.69, 9.17) is 0 Å². The average Bonchev–Trinajstić information content (AvgIpc) is 2.70. The lowest BCUT2D eigenvalue weighted by atomic mass is 10.0. The van der Waals surface area contributed by atoms with Crippen molar-refractivity contribution >= 4 is 5.69 Å². The molecule has 2 nitrogen and oxygen atoms in total. The molecule has 0 fully saturated rings. The van der Waals surface area contributed by atoms with Crippen molar-refractivity contribution in [3.05, 3.63) is 83.4 Å². The Morgan fingerprint density at radius 3 is 2.13 bits per heavy atom. The van der Waals surface area contributed by atoms with E-state index in [1.165, 1.54) is 36.1 Å². The zero-order valence-corrected chi connectivity index (χ0v) is 17.2. The van der Waals surface area contributed by atoms with E-state index in [-0.39, 0.29) is 5.75 Å². The van der Waals surface area contributed by atoms with Crippen LogP contribution in [-0.2, 0) is 13.0 Å². The molecule has 3 aromatic carbocycles. The zero-order chi connectivity index (χ0) is 21.6. The van der Waals surface area contributed by atoms with Gasteiger partial charge in [0.25, 0.3) is 0 Å². The smallest absolute Gasteiger partial charge is 0.406 e. The molecule has 0 saturated heterocycles. The summed E-state index contributed by atoms with van der Waals surface area (Å²) in [7, 11) is 0. The van der Waals surface area contributed by atoms with E-state index in [1.807, 2.05) is 19.1 Å². The molecule has 0 atom stereocenters. The molecule has 3 aromatic rings. The molecule has 0 unspecified atom stereocenters. The van der Waals surface area contributed by atoms with E-state index in [0.29, 0.717) is 6.54 Å². The van der Waals surface area contributed by atoms with E-state index in [0.717, 1.165) is 28.8 Å². The maximum atomic E-state index is 12.3. The van der Waals surface area contributed by atoms with E-state index in [9.17, 15) is 13.2 Å². The molecule has 5 heteroatoms. The molecule has 3 rings (SSSR count). The summed E-state index contributed by atoms with van der Waals surface area (Å²) in [5.74, 6) is -0.223. The van der Waals surface area contributed by atoms with Crippen molar-refractivity contribution in [2.24, 2.45) is 0 Å². The van der Waals surface area contributed by atoms with Crippen LogP contribution in [0.4, 0.5) is 18.9 Å². The molecular weight excluding hydrogens is 387 g/mol. The first-order valence-corrected chi connectivity index (χ1v) is 10.1. The van der Waals surface area contributed by atoms with Gasteiger partial charge in [-0.25, -0.2) is 0 Å². The Morgan fingerprint density at radius 2 is 1.50 bits per heavy atom. The Labute approximate surface area is 175 Å². The molecule has 0 amide bonds. The Kier molecular flexibility index (Phi) is 7.03. The van der Waals surface area contributed by atoms with Crippen LogP contribution in [0.2, 0.25) is 0 Å². The first-order valence-electron chi connectivity index (χ1n) is 10.1. The monoisotopic (exact) mass is 413 g/mol. The number of aryl methyl sites for hydroxylation is 2. The van der Waals surface area contributed by atoms with Crippen LogP contribution in [0.5, 0.6) is 5.75 Å².